The van der Waals surface area contributed by atoms with E-state index in [-0.39, 0.29) is 0 Å². The quantitative estimate of drug-likeness (QED) is 0.757. The molecule has 0 fully saturated rings. The first kappa shape index (κ1) is 12.2. The predicted molar refractivity (Wildman–Crippen MR) is 77.3 cm³/mol. The third kappa shape index (κ3) is 2.48. The van der Waals surface area contributed by atoms with E-state index in [1.54, 1.807) is 30.6 Å². The van der Waals surface area contributed by atoms with Crippen molar-refractivity contribution < 1.29 is 0 Å². The molecule has 0 unspecified atom stereocenters. The van der Waals surface area contributed by atoms with Crippen LogP contribution in [0.3, 0.4) is 0 Å². The molecule has 0 radical (unpaired) electrons. The van der Waals surface area contributed by atoms with Gasteiger partial charge in [-0.3, -0.25) is 4.98 Å². The van der Waals surface area contributed by atoms with Crippen molar-refractivity contribution in [3.8, 4) is 22.8 Å². The zero-order valence-electron chi connectivity index (χ0n) is 9.77. The van der Waals surface area contributed by atoms with Crippen LogP contribution >= 0.6 is 23.2 Å². The lowest BCUT2D eigenvalue weighted by molar-refractivity contribution is 1.22. The van der Waals surface area contributed by atoms with Gasteiger partial charge in [0, 0.05) is 23.0 Å². The largest absolute Gasteiger partial charge is 0.343 e. The highest BCUT2D eigenvalue weighted by Crippen LogP contribution is 2.30. The van der Waals surface area contributed by atoms with Gasteiger partial charge in [0.25, 0.3) is 0 Å². The average molecular weight is 290 g/mol. The maximum absolute atomic E-state index is 6.16. The smallest absolute Gasteiger partial charge is 0.156 e. The summed E-state index contributed by atoms with van der Waals surface area (Å²) < 4.78 is 0. The van der Waals surface area contributed by atoms with Crippen LogP contribution in [0.5, 0.6) is 0 Å². The average Bonchev–Trinajstić information content (AvgIpc) is 2.92. The van der Waals surface area contributed by atoms with E-state index in [1.807, 2.05) is 18.2 Å². The molecular weight excluding hydrogens is 281 g/mol. The summed E-state index contributed by atoms with van der Waals surface area (Å²) in [6.45, 7) is 0. The fourth-order valence-corrected chi connectivity index (χ4v) is 2.17. The summed E-state index contributed by atoms with van der Waals surface area (Å²) in [7, 11) is 0. The second-order valence-electron chi connectivity index (χ2n) is 3.97. The van der Waals surface area contributed by atoms with Crippen molar-refractivity contribution in [2.45, 2.75) is 0 Å². The molecule has 3 aromatic rings. The molecule has 1 aromatic carbocycles. The molecule has 5 heteroatoms. The summed E-state index contributed by atoms with van der Waals surface area (Å²) in [6, 6.07) is 11.0. The van der Waals surface area contributed by atoms with E-state index in [2.05, 4.69) is 15.0 Å². The number of aromatic amines is 1. The second-order valence-corrected chi connectivity index (χ2v) is 4.82. The number of H-pyrrole nitrogens is 1. The number of hydrogen-bond donors (Lipinski definition) is 1. The molecule has 0 saturated carbocycles. The molecule has 1 N–H and O–H groups in total. The van der Waals surface area contributed by atoms with E-state index < -0.39 is 0 Å². The molecule has 19 heavy (non-hydrogen) atoms. The highest BCUT2D eigenvalue weighted by molar-refractivity contribution is 6.35. The van der Waals surface area contributed by atoms with E-state index in [1.165, 1.54) is 0 Å². The van der Waals surface area contributed by atoms with Crippen LogP contribution in [-0.2, 0) is 0 Å². The highest BCUT2D eigenvalue weighted by atomic mass is 35.5. The Kier molecular flexibility index (Phi) is 3.23. The van der Waals surface area contributed by atoms with E-state index in [0.29, 0.717) is 15.9 Å². The molecule has 2 aromatic heterocycles. The van der Waals surface area contributed by atoms with Crippen LogP contribution in [0.25, 0.3) is 22.8 Å². The number of pyridine rings is 1. The molecular formula is C14H9Cl2N3. The molecule has 3 rings (SSSR count). The van der Waals surface area contributed by atoms with Gasteiger partial charge in [0.15, 0.2) is 5.82 Å². The summed E-state index contributed by atoms with van der Waals surface area (Å²) in [6.07, 6.45) is 3.52. The molecule has 2 heterocycles. The Morgan fingerprint density at radius 2 is 1.89 bits per heavy atom. The third-order valence-corrected chi connectivity index (χ3v) is 3.25. The SMILES string of the molecule is Clc1ccc(Cl)c(-c2c[nH]c(-c3ccccn3)n2)c1. The Morgan fingerprint density at radius 3 is 2.68 bits per heavy atom. The van der Waals surface area contributed by atoms with Gasteiger partial charge in [0.05, 0.1) is 10.7 Å². The number of imidazole rings is 1. The third-order valence-electron chi connectivity index (χ3n) is 2.69. The monoisotopic (exact) mass is 289 g/mol. The molecule has 0 atom stereocenters. The van der Waals surface area contributed by atoms with Gasteiger partial charge in [-0.15, -0.1) is 0 Å². The van der Waals surface area contributed by atoms with Gasteiger partial charge in [0.1, 0.15) is 5.69 Å². The number of halogens is 2. The van der Waals surface area contributed by atoms with Gasteiger partial charge < -0.3 is 4.98 Å². The van der Waals surface area contributed by atoms with Gasteiger partial charge in [0.2, 0.25) is 0 Å². The van der Waals surface area contributed by atoms with E-state index in [0.717, 1.165) is 17.0 Å². The number of aromatic nitrogens is 3. The van der Waals surface area contributed by atoms with E-state index >= 15 is 0 Å². The lowest BCUT2D eigenvalue weighted by Crippen LogP contribution is -1.84. The summed E-state index contributed by atoms with van der Waals surface area (Å²) in [5.74, 6) is 0.701. The Bertz CT molecular complexity index is 708. The zero-order chi connectivity index (χ0) is 13.2. The number of rotatable bonds is 2. The van der Waals surface area contributed by atoms with Crippen LogP contribution in [0.2, 0.25) is 10.0 Å². The number of hydrogen-bond acceptors (Lipinski definition) is 2. The minimum Gasteiger partial charge on any atom is -0.343 e. The first-order chi connectivity index (χ1) is 9.24. The van der Waals surface area contributed by atoms with Crippen LogP contribution in [0.1, 0.15) is 0 Å². The van der Waals surface area contributed by atoms with E-state index in [9.17, 15) is 0 Å². The first-order valence-electron chi connectivity index (χ1n) is 5.66. The van der Waals surface area contributed by atoms with Gasteiger partial charge >= 0.3 is 0 Å². The number of benzene rings is 1. The number of nitrogens with zero attached hydrogens (tertiary/aromatic N) is 2. The standard InChI is InChI=1S/C14H9Cl2N3/c15-9-4-5-11(16)10(7-9)13-8-18-14(19-13)12-3-1-2-6-17-12/h1-8H,(H,18,19). The fourth-order valence-electron chi connectivity index (χ4n) is 1.79. The summed E-state index contributed by atoms with van der Waals surface area (Å²) in [4.78, 5) is 11.8. The van der Waals surface area contributed by atoms with Crippen molar-refractivity contribution in [1.29, 1.82) is 0 Å². The fraction of sp³-hybridized carbons (Fsp3) is 0. The summed E-state index contributed by atoms with van der Waals surface area (Å²) in [5.41, 5.74) is 2.33. The normalized spacial score (nSPS) is 10.6. The van der Waals surface area contributed by atoms with Crippen molar-refractivity contribution in [3.63, 3.8) is 0 Å². The molecule has 0 aliphatic heterocycles. The van der Waals surface area contributed by atoms with Gasteiger partial charge in [-0.1, -0.05) is 29.3 Å². The molecule has 0 bridgehead atoms. The molecule has 0 spiro atoms. The van der Waals surface area contributed by atoms with Crippen LogP contribution in [-0.4, -0.2) is 15.0 Å². The van der Waals surface area contributed by atoms with Crippen LogP contribution in [0, 0.1) is 0 Å². The predicted octanol–water partition coefficient (Wildman–Crippen LogP) is 4.45. The number of nitrogens with one attached hydrogen (secondary N) is 1. The Balaban J connectivity index is 2.04. The molecule has 0 amide bonds. The minimum absolute atomic E-state index is 0.614. The lowest BCUT2D eigenvalue weighted by Gasteiger charge is -2.00. The maximum atomic E-state index is 6.16. The Labute approximate surface area is 120 Å². The Morgan fingerprint density at radius 1 is 1.00 bits per heavy atom. The minimum atomic E-state index is 0.614. The molecule has 0 aliphatic rings. The highest BCUT2D eigenvalue weighted by Gasteiger charge is 2.10. The van der Waals surface area contributed by atoms with Crippen molar-refractivity contribution >= 4 is 23.2 Å². The van der Waals surface area contributed by atoms with Crippen molar-refractivity contribution in [2.24, 2.45) is 0 Å². The maximum Gasteiger partial charge on any atom is 0.156 e. The van der Waals surface area contributed by atoms with Crippen molar-refractivity contribution in [3.05, 3.63) is 58.8 Å². The van der Waals surface area contributed by atoms with E-state index in [4.69, 9.17) is 23.2 Å². The van der Waals surface area contributed by atoms with Crippen LogP contribution in [0.15, 0.2) is 48.8 Å². The van der Waals surface area contributed by atoms with Crippen LogP contribution < -0.4 is 0 Å². The first-order valence-corrected chi connectivity index (χ1v) is 6.42. The zero-order valence-corrected chi connectivity index (χ0v) is 11.3. The topological polar surface area (TPSA) is 41.6 Å². The van der Waals surface area contributed by atoms with Crippen molar-refractivity contribution in [1.82, 2.24) is 15.0 Å². The van der Waals surface area contributed by atoms with Crippen LogP contribution in [0.4, 0.5) is 0 Å². The van der Waals surface area contributed by atoms with Gasteiger partial charge in [-0.25, -0.2) is 4.98 Å². The van der Waals surface area contributed by atoms with Crippen molar-refractivity contribution in [2.75, 3.05) is 0 Å². The van der Waals surface area contributed by atoms with Gasteiger partial charge in [-0.05, 0) is 30.3 Å². The molecule has 3 nitrogen and oxygen atoms in total. The summed E-state index contributed by atoms with van der Waals surface area (Å²) in [5, 5.41) is 1.24. The summed E-state index contributed by atoms with van der Waals surface area (Å²) >= 11 is 12.1. The lowest BCUT2D eigenvalue weighted by atomic mass is 10.2. The second kappa shape index (κ2) is 5.03. The van der Waals surface area contributed by atoms with Gasteiger partial charge in [-0.2, -0.15) is 0 Å². The molecule has 94 valence electrons. The molecule has 0 saturated heterocycles. The molecule has 0 aliphatic carbocycles. The Hall–Kier alpha value is -1.84.